The SMILES string of the molecule is NC(CC(=O)O)c1cnc(Br)cn1. The zero-order chi connectivity index (χ0) is 9.84. The lowest BCUT2D eigenvalue weighted by Gasteiger charge is -2.06. The standard InChI is InChI=1S/C7H8BrN3O2/c8-6-3-10-5(2-11-6)4(9)1-7(12)13/h2-4H,1,9H2,(H,12,13). The van der Waals surface area contributed by atoms with Crippen LogP contribution in [0.1, 0.15) is 18.2 Å². The molecule has 0 spiro atoms. The molecule has 1 atom stereocenters. The molecule has 1 rings (SSSR count). The summed E-state index contributed by atoms with van der Waals surface area (Å²) in [7, 11) is 0. The van der Waals surface area contributed by atoms with E-state index < -0.39 is 12.0 Å². The smallest absolute Gasteiger partial charge is 0.305 e. The summed E-state index contributed by atoms with van der Waals surface area (Å²) in [6, 6.07) is -0.599. The van der Waals surface area contributed by atoms with Crippen molar-refractivity contribution >= 4 is 21.9 Å². The highest BCUT2D eigenvalue weighted by Gasteiger charge is 2.11. The van der Waals surface area contributed by atoms with Crippen molar-refractivity contribution in [3.63, 3.8) is 0 Å². The quantitative estimate of drug-likeness (QED) is 0.819. The Labute approximate surface area is 83.1 Å². The van der Waals surface area contributed by atoms with E-state index in [1.807, 2.05) is 0 Å². The molecular formula is C7H8BrN3O2. The molecule has 0 aromatic carbocycles. The second-order valence-corrected chi connectivity index (χ2v) is 3.28. The highest BCUT2D eigenvalue weighted by Crippen LogP contribution is 2.11. The molecule has 70 valence electrons. The normalized spacial score (nSPS) is 12.5. The van der Waals surface area contributed by atoms with Crippen LogP contribution in [0.5, 0.6) is 0 Å². The summed E-state index contributed by atoms with van der Waals surface area (Å²) in [6.45, 7) is 0. The summed E-state index contributed by atoms with van der Waals surface area (Å²) in [5, 5.41) is 8.46. The molecule has 3 N–H and O–H groups in total. The Balaban J connectivity index is 2.71. The third-order valence-electron chi connectivity index (χ3n) is 1.41. The first-order valence-electron chi connectivity index (χ1n) is 3.54. The zero-order valence-corrected chi connectivity index (χ0v) is 8.23. The Kier molecular flexibility index (Phi) is 3.32. The Hall–Kier alpha value is -1.01. The van der Waals surface area contributed by atoms with Gasteiger partial charge in [0.05, 0.1) is 30.6 Å². The molecule has 5 nitrogen and oxygen atoms in total. The van der Waals surface area contributed by atoms with Crippen LogP contribution in [0.3, 0.4) is 0 Å². The fourth-order valence-corrected chi connectivity index (χ4v) is 1.01. The van der Waals surface area contributed by atoms with E-state index in [9.17, 15) is 4.79 Å². The van der Waals surface area contributed by atoms with Crippen molar-refractivity contribution in [2.75, 3.05) is 0 Å². The Morgan fingerprint density at radius 2 is 2.31 bits per heavy atom. The van der Waals surface area contributed by atoms with Crippen molar-refractivity contribution in [1.29, 1.82) is 0 Å². The highest BCUT2D eigenvalue weighted by molar-refractivity contribution is 9.10. The third kappa shape index (κ3) is 3.08. The number of carboxylic acid groups (broad SMARTS) is 1. The minimum absolute atomic E-state index is 0.143. The molecule has 13 heavy (non-hydrogen) atoms. The molecule has 1 unspecified atom stereocenters. The van der Waals surface area contributed by atoms with Gasteiger partial charge in [0, 0.05) is 0 Å². The van der Waals surface area contributed by atoms with Gasteiger partial charge in [0.2, 0.25) is 0 Å². The first-order chi connectivity index (χ1) is 6.09. The van der Waals surface area contributed by atoms with E-state index >= 15 is 0 Å². The van der Waals surface area contributed by atoms with Crippen LogP contribution in [0.2, 0.25) is 0 Å². The maximum absolute atomic E-state index is 10.3. The monoisotopic (exact) mass is 245 g/mol. The lowest BCUT2D eigenvalue weighted by Crippen LogP contribution is -2.16. The lowest BCUT2D eigenvalue weighted by atomic mass is 10.1. The van der Waals surface area contributed by atoms with Gasteiger partial charge in [0.15, 0.2) is 0 Å². The molecule has 0 fully saturated rings. The number of nitrogens with two attached hydrogens (primary N) is 1. The first kappa shape index (κ1) is 10.1. The summed E-state index contributed by atoms with van der Waals surface area (Å²) < 4.78 is 0.596. The molecule has 1 heterocycles. The number of carboxylic acids is 1. The number of halogens is 1. The highest BCUT2D eigenvalue weighted by atomic mass is 79.9. The number of nitrogens with zero attached hydrogens (tertiary/aromatic N) is 2. The third-order valence-corrected chi connectivity index (χ3v) is 1.82. The Morgan fingerprint density at radius 3 is 2.77 bits per heavy atom. The topological polar surface area (TPSA) is 89.1 Å². The zero-order valence-electron chi connectivity index (χ0n) is 6.64. The first-order valence-corrected chi connectivity index (χ1v) is 4.33. The van der Waals surface area contributed by atoms with Gasteiger partial charge in [-0.05, 0) is 15.9 Å². The average molecular weight is 246 g/mol. The Morgan fingerprint density at radius 1 is 1.62 bits per heavy atom. The lowest BCUT2D eigenvalue weighted by molar-refractivity contribution is -0.137. The second kappa shape index (κ2) is 4.29. The van der Waals surface area contributed by atoms with E-state index in [4.69, 9.17) is 10.8 Å². The number of hydrogen-bond acceptors (Lipinski definition) is 4. The minimum atomic E-state index is -0.947. The van der Waals surface area contributed by atoms with Crippen molar-refractivity contribution in [3.8, 4) is 0 Å². The van der Waals surface area contributed by atoms with Crippen LogP contribution in [-0.2, 0) is 4.79 Å². The van der Waals surface area contributed by atoms with Gasteiger partial charge in [0.1, 0.15) is 4.60 Å². The summed E-state index contributed by atoms with van der Waals surface area (Å²) in [6.07, 6.45) is 2.80. The summed E-state index contributed by atoms with van der Waals surface area (Å²) in [5.74, 6) is -0.947. The van der Waals surface area contributed by atoms with Crippen LogP contribution in [0.4, 0.5) is 0 Å². The molecule has 0 bridgehead atoms. The van der Waals surface area contributed by atoms with Crippen molar-refractivity contribution in [2.45, 2.75) is 12.5 Å². The van der Waals surface area contributed by atoms with E-state index in [2.05, 4.69) is 25.9 Å². The Bertz CT molecular complexity index is 301. The van der Waals surface area contributed by atoms with Gasteiger partial charge in [-0.15, -0.1) is 0 Å². The minimum Gasteiger partial charge on any atom is -0.481 e. The second-order valence-electron chi connectivity index (χ2n) is 2.47. The molecule has 1 aromatic heterocycles. The van der Waals surface area contributed by atoms with Gasteiger partial charge in [-0.1, -0.05) is 0 Å². The van der Waals surface area contributed by atoms with E-state index in [0.717, 1.165) is 0 Å². The van der Waals surface area contributed by atoms with Crippen LogP contribution in [0.25, 0.3) is 0 Å². The molecule has 0 aliphatic heterocycles. The van der Waals surface area contributed by atoms with Crippen LogP contribution >= 0.6 is 15.9 Å². The molecule has 6 heteroatoms. The molecule has 0 radical (unpaired) electrons. The molecule has 0 saturated carbocycles. The van der Waals surface area contributed by atoms with Gasteiger partial charge in [0.25, 0.3) is 0 Å². The van der Waals surface area contributed by atoms with Gasteiger partial charge >= 0.3 is 5.97 Å². The summed E-state index contributed by atoms with van der Waals surface area (Å²) in [4.78, 5) is 18.1. The predicted octanol–water partition coefficient (Wildman–Crippen LogP) is 0.714. The van der Waals surface area contributed by atoms with E-state index in [1.165, 1.54) is 12.4 Å². The van der Waals surface area contributed by atoms with Gasteiger partial charge in [-0.3, -0.25) is 9.78 Å². The predicted molar refractivity (Wildman–Crippen MR) is 48.9 cm³/mol. The van der Waals surface area contributed by atoms with Crippen molar-refractivity contribution in [2.24, 2.45) is 5.73 Å². The number of hydrogen-bond donors (Lipinski definition) is 2. The van der Waals surface area contributed by atoms with E-state index in [1.54, 1.807) is 0 Å². The van der Waals surface area contributed by atoms with Crippen LogP contribution in [0.15, 0.2) is 17.0 Å². The molecule has 1 aromatic rings. The molecule has 0 saturated heterocycles. The number of carbonyl (C=O) groups is 1. The molecule has 0 aliphatic rings. The van der Waals surface area contributed by atoms with Crippen molar-refractivity contribution in [1.82, 2.24) is 9.97 Å². The fourth-order valence-electron chi connectivity index (χ4n) is 0.806. The van der Waals surface area contributed by atoms with Crippen molar-refractivity contribution in [3.05, 3.63) is 22.7 Å². The summed E-state index contributed by atoms with van der Waals surface area (Å²) in [5.41, 5.74) is 6.02. The fraction of sp³-hybridized carbons (Fsp3) is 0.286. The van der Waals surface area contributed by atoms with Gasteiger partial charge < -0.3 is 10.8 Å². The maximum Gasteiger partial charge on any atom is 0.305 e. The van der Waals surface area contributed by atoms with Crippen LogP contribution in [-0.4, -0.2) is 21.0 Å². The number of aliphatic carboxylic acids is 1. The van der Waals surface area contributed by atoms with E-state index in [-0.39, 0.29) is 6.42 Å². The summed E-state index contributed by atoms with van der Waals surface area (Å²) >= 11 is 3.11. The van der Waals surface area contributed by atoms with Crippen LogP contribution < -0.4 is 5.73 Å². The van der Waals surface area contributed by atoms with Gasteiger partial charge in [-0.2, -0.15) is 0 Å². The van der Waals surface area contributed by atoms with Gasteiger partial charge in [-0.25, -0.2) is 4.98 Å². The molecule has 0 aliphatic carbocycles. The number of aromatic nitrogens is 2. The van der Waals surface area contributed by atoms with E-state index in [0.29, 0.717) is 10.3 Å². The maximum atomic E-state index is 10.3. The average Bonchev–Trinajstić information content (AvgIpc) is 2.04. The van der Waals surface area contributed by atoms with Crippen molar-refractivity contribution < 1.29 is 9.90 Å². The largest absolute Gasteiger partial charge is 0.481 e. The molecule has 0 amide bonds. The van der Waals surface area contributed by atoms with Crippen LogP contribution in [0, 0.1) is 0 Å². The number of rotatable bonds is 3. The molecular weight excluding hydrogens is 238 g/mol.